The molecule has 6 heteroatoms. The van der Waals surface area contributed by atoms with Crippen LogP contribution >= 0.6 is 24.8 Å². The van der Waals surface area contributed by atoms with E-state index in [1.165, 1.54) is 16.7 Å². The molecule has 2 N–H and O–H groups in total. The second-order valence-electron chi connectivity index (χ2n) is 6.80. The van der Waals surface area contributed by atoms with Gasteiger partial charge in [0.15, 0.2) is 0 Å². The lowest BCUT2D eigenvalue weighted by atomic mass is 9.95. The normalized spacial score (nSPS) is 16.3. The van der Waals surface area contributed by atoms with Crippen molar-refractivity contribution in [2.45, 2.75) is 38.9 Å². The van der Waals surface area contributed by atoms with Crippen LogP contribution in [0.4, 0.5) is 0 Å². The van der Waals surface area contributed by atoms with Crippen LogP contribution in [0, 0.1) is 0 Å². The summed E-state index contributed by atoms with van der Waals surface area (Å²) in [7, 11) is 0. The number of nitrogens with zero attached hydrogens (tertiary/aromatic N) is 1. The molecule has 2 aromatic rings. The fourth-order valence-electron chi connectivity index (χ4n) is 3.76. The quantitative estimate of drug-likeness (QED) is 0.712. The second-order valence-corrected chi connectivity index (χ2v) is 6.80. The average molecular weight is 424 g/mol. The summed E-state index contributed by atoms with van der Waals surface area (Å²) in [6.45, 7) is 7.64. The molecule has 0 saturated heterocycles. The van der Waals surface area contributed by atoms with E-state index in [4.69, 9.17) is 0 Å². The van der Waals surface area contributed by atoms with Crippen molar-refractivity contribution < 1.29 is 4.79 Å². The van der Waals surface area contributed by atoms with Gasteiger partial charge in [-0.15, -0.1) is 24.8 Å². The number of carbonyl (C=O) groups is 1. The van der Waals surface area contributed by atoms with Gasteiger partial charge in [0.2, 0.25) is 5.91 Å². The maximum absolute atomic E-state index is 12.8. The molecule has 1 amide bonds. The number of halogens is 2. The molecule has 0 spiro atoms. The number of nitrogens with one attached hydrogen (secondary N) is 2. The van der Waals surface area contributed by atoms with Gasteiger partial charge in [-0.3, -0.25) is 9.69 Å². The third-order valence-corrected chi connectivity index (χ3v) is 5.30. The summed E-state index contributed by atoms with van der Waals surface area (Å²) < 4.78 is 0. The SMILES string of the molecule is CCN(CC)C(CNC(=O)C1Cc2ccccc2CN1)c1ccccc1.Cl.Cl. The Morgan fingerprint density at radius 3 is 2.29 bits per heavy atom. The Hall–Kier alpha value is -1.59. The highest BCUT2D eigenvalue weighted by Crippen LogP contribution is 2.20. The van der Waals surface area contributed by atoms with E-state index in [1.54, 1.807) is 0 Å². The van der Waals surface area contributed by atoms with Gasteiger partial charge in [-0.25, -0.2) is 0 Å². The predicted octanol–water partition coefficient (Wildman–Crippen LogP) is 3.74. The molecule has 28 heavy (non-hydrogen) atoms. The van der Waals surface area contributed by atoms with Crippen LogP contribution in [-0.2, 0) is 17.8 Å². The minimum Gasteiger partial charge on any atom is -0.353 e. The van der Waals surface area contributed by atoms with Gasteiger partial charge < -0.3 is 10.6 Å². The number of fused-ring (bicyclic) bond motifs is 1. The maximum Gasteiger partial charge on any atom is 0.237 e. The topological polar surface area (TPSA) is 44.4 Å². The summed E-state index contributed by atoms with van der Waals surface area (Å²) >= 11 is 0. The first-order valence-corrected chi connectivity index (χ1v) is 9.59. The van der Waals surface area contributed by atoms with Gasteiger partial charge in [0.25, 0.3) is 0 Å². The molecule has 0 aliphatic carbocycles. The van der Waals surface area contributed by atoms with Crippen molar-refractivity contribution >= 4 is 30.7 Å². The molecule has 154 valence electrons. The van der Waals surface area contributed by atoms with Gasteiger partial charge in [-0.05, 0) is 36.2 Å². The summed E-state index contributed by atoms with van der Waals surface area (Å²) in [5.74, 6) is 0.0904. The average Bonchev–Trinajstić information content (AvgIpc) is 2.71. The van der Waals surface area contributed by atoms with Crippen molar-refractivity contribution in [1.82, 2.24) is 15.5 Å². The third kappa shape index (κ3) is 5.95. The maximum atomic E-state index is 12.8. The van der Waals surface area contributed by atoms with E-state index >= 15 is 0 Å². The molecule has 0 aromatic heterocycles. The van der Waals surface area contributed by atoms with Gasteiger partial charge in [-0.1, -0.05) is 68.4 Å². The van der Waals surface area contributed by atoms with Gasteiger partial charge in [0.05, 0.1) is 12.1 Å². The highest BCUT2D eigenvalue weighted by Gasteiger charge is 2.25. The zero-order valence-electron chi connectivity index (χ0n) is 16.6. The summed E-state index contributed by atoms with van der Waals surface area (Å²) in [5, 5.41) is 6.56. The fourth-order valence-corrected chi connectivity index (χ4v) is 3.76. The van der Waals surface area contributed by atoms with Gasteiger partial charge in [-0.2, -0.15) is 0 Å². The Bertz CT molecular complexity index is 723. The molecule has 1 aliphatic heterocycles. The molecule has 3 rings (SSSR count). The smallest absolute Gasteiger partial charge is 0.237 e. The van der Waals surface area contributed by atoms with Crippen LogP contribution in [0.1, 0.15) is 36.6 Å². The van der Waals surface area contributed by atoms with Crippen molar-refractivity contribution in [2.24, 2.45) is 0 Å². The lowest BCUT2D eigenvalue weighted by Crippen LogP contribution is -2.49. The monoisotopic (exact) mass is 423 g/mol. The standard InChI is InChI=1S/C22H29N3O.2ClH/c1-3-25(4-2)21(17-10-6-5-7-11-17)16-24-22(26)20-14-18-12-8-9-13-19(18)15-23-20;;/h5-13,20-21,23H,3-4,14-16H2,1-2H3,(H,24,26);2*1H. The number of likely N-dealkylation sites (N-methyl/N-ethyl adjacent to an activating group) is 1. The molecule has 2 aromatic carbocycles. The predicted molar refractivity (Wildman–Crippen MR) is 120 cm³/mol. The molecule has 0 radical (unpaired) electrons. The fraction of sp³-hybridized carbons (Fsp3) is 0.409. The number of benzene rings is 2. The van der Waals surface area contributed by atoms with E-state index in [-0.39, 0.29) is 42.8 Å². The van der Waals surface area contributed by atoms with Crippen LogP contribution in [0.2, 0.25) is 0 Å². The second kappa shape index (κ2) is 12.1. The van der Waals surface area contributed by atoms with Crippen molar-refractivity contribution in [3.05, 3.63) is 71.3 Å². The zero-order chi connectivity index (χ0) is 18.4. The first kappa shape index (κ1) is 24.4. The van der Waals surface area contributed by atoms with Gasteiger partial charge in [0, 0.05) is 13.1 Å². The molecule has 0 fully saturated rings. The molecule has 0 saturated carbocycles. The van der Waals surface area contributed by atoms with Crippen LogP contribution < -0.4 is 10.6 Å². The number of amides is 1. The van der Waals surface area contributed by atoms with Gasteiger partial charge >= 0.3 is 0 Å². The van der Waals surface area contributed by atoms with E-state index in [2.05, 4.69) is 71.8 Å². The Morgan fingerprint density at radius 1 is 1.04 bits per heavy atom. The highest BCUT2D eigenvalue weighted by molar-refractivity contribution is 5.85. The number of hydrogen-bond acceptors (Lipinski definition) is 3. The van der Waals surface area contributed by atoms with Crippen LogP contribution in [-0.4, -0.2) is 36.5 Å². The van der Waals surface area contributed by atoms with Crippen molar-refractivity contribution in [2.75, 3.05) is 19.6 Å². The van der Waals surface area contributed by atoms with E-state index < -0.39 is 0 Å². The molecule has 2 atom stereocenters. The number of hydrogen-bond donors (Lipinski definition) is 2. The van der Waals surface area contributed by atoms with Crippen LogP contribution in [0.5, 0.6) is 0 Å². The minimum atomic E-state index is -0.155. The Kier molecular flexibility index (Phi) is 10.5. The summed E-state index contributed by atoms with van der Waals surface area (Å²) in [5.41, 5.74) is 3.81. The van der Waals surface area contributed by atoms with Crippen molar-refractivity contribution in [3.63, 3.8) is 0 Å². The number of rotatable bonds is 7. The number of carbonyl (C=O) groups excluding carboxylic acids is 1. The van der Waals surface area contributed by atoms with Crippen LogP contribution in [0.15, 0.2) is 54.6 Å². The lowest BCUT2D eigenvalue weighted by Gasteiger charge is -2.31. The first-order valence-electron chi connectivity index (χ1n) is 9.59. The van der Waals surface area contributed by atoms with E-state index in [9.17, 15) is 4.79 Å². The summed E-state index contributed by atoms with van der Waals surface area (Å²) in [6, 6.07) is 18.8. The first-order chi connectivity index (χ1) is 12.7. The van der Waals surface area contributed by atoms with E-state index in [0.717, 1.165) is 26.1 Å². The largest absolute Gasteiger partial charge is 0.353 e. The zero-order valence-corrected chi connectivity index (χ0v) is 18.2. The molecule has 0 bridgehead atoms. The Labute approximate surface area is 180 Å². The Morgan fingerprint density at radius 2 is 1.64 bits per heavy atom. The molecule has 1 heterocycles. The molecule has 4 nitrogen and oxygen atoms in total. The lowest BCUT2D eigenvalue weighted by molar-refractivity contribution is -0.123. The molecule has 2 unspecified atom stereocenters. The van der Waals surface area contributed by atoms with Gasteiger partial charge in [0.1, 0.15) is 0 Å². The Balaban J connectivity index is 0.00000196. The van der Waals surface area contributed by atoms with Crippen molar-refractivity contribution in [3.8, 4) is 0 Å². The third-order valence-electron chi connectivity index (χ3n) is 5.30. The summed E-state index contributed by atoms with van der Waals surface area (Å²) in [4.78, 5) is 15.1. The van der Waals surface area contributed by atoms with E-state index in [0.29, 0.717) is 6.54 Å². The summed E-state index contributed by atoms with van der Waals surface area (Å²) in [6.07, 6.45) is 0.753. The van der Waals surface area contributed by atoms with Crippen LogP contribution in [0.3, 0.4) is 0 Å². The van der Waals surface area contributed by atoms with Crippen molar-refractivity contribution in [1.29, 1.82) is 0 Å². The highest BCUT2D eigenvalue weighted by atomic mass is 35.5. The molecule has 1 aliphatic rings. The minimum absolute atomic E-state index is 0. The van der Waals surface area contributed by atoms with Crippen LogP contribution in [0.25, 0.3) is 0 Å². The van der Waals surface area contributed by atoms with E-state index in [1.807, 2.05) is 12.1 Å². The molecular weight excluding hydrogens is 393 g/mol. The molecular formula is C22H31Cl2N3O.